The number of ether oxygens (including phenoxy) is 2. The highest BCUT2D eigenvalue weighted by Crippen LogP contribution is 2.27. The summed E-state index contributed by atoms with van der Waals surface area (Å²) in [6.45, 7) is 0.627. The minimum atomic E-state index is -0.169. The van der Waals surface area contributed by atoms with Gasteiger partial charge in [-0.1, -0.05) is 30.3 Å². The first kappa shape index (κ1) is 21.1. The summed E-state index contributed by atoms with van der Waals surface area (Å²) in [6.07, 6.45) is 8.74. The van der Waals surface area contributed by atoms with Gasteiger partial charge in [0.25, 0.3) is 0 Å². The Balaban J connectivity index is 1.66. The van der Waals surface area contributed by atoms with E-state index in [9.17, 15) is 4.79 Å². The van der Waals surface area contributed by atoms with Crippen LogP contribution < -0.4 is 9.47 Å². The maximum atomic E-state index is 12.9. The number of carbonyl (C=O) groups is 1. The zero-order chi connectivity index (χ0) is 22.3. The van der Waals surface area contributed by atoms with Crippen LogP contribution in [0.3, 0.4) is 0 Å². The maximum absolute atomic E-state index is 12.9. The highest BCUT2D eigenvalue weighted by atomic mass is 16.5. The van der Waals surface area contributed by atoms with Crippen LogP contribution in [0.2, 0.25) is 0 Å². The number of pyridine rings is 1. The third-order valence-electron chi connectivity index (χ3n) is 5.00. The highest BCUT2D eigenvalue weighted by molar-refractivity contribution is 6.09. The van der Waals surface area contributed by atoms with E-state index < -0.39 is 0 Å². The van der Waals surface area contributed by atoms with E-state index in [-0.39, 0.29) is 5.78 Å². The predicted octanol–water partition coefficient (Wildman–Crippen LogP) is 4.91. The zero-order valence-electron chi connectivity index (χ0n) is 17.9. The number of rotatable bonds is 8. The number of nitrogens with zero attached hydrogens (tertiary/aromatic N) is 3. The van der Waals surface area contributed by atoms with E-state index in [1.165, 1.54) is 13.2 Å². The van der Waals surface area contributed by atoms with Gasteiger partial charge in [-0.3, -0.25) is 14.5 Å². The van der Waals surface area contributed by atoms with Crippen molar-refractivity contribution < 1.29 is 14.3 Å². The van der Waals surface area contributed by atoms with E-state index in [2.05, 4.69) is 17.1 Å². The molecule has 160 valence electrons. The lowest BCUT2D eigenvalue weighted by molar-refractivity contribution is 0.104. The lowest BCUT2D eigenvalue weighted by Gasteiger charge is -2.07. The molecule has 4 aromatic rings. The number of allylic oxidation sites excluding steroid dienone is 1. The number of hydrogen-bond acceptors (Lipinski definition) is 5. The molecule has 0 amide bonds. The largest absolute Gasteiger partial charge is 0.497 e. The molecule has 0 atom stereocenters. The molecule has 0 bridgehead atoms. The molecule has 0 fully saturated rings. The number of carbonyl (C=O) groups excluding carboxylic acids is 1. The van der Waals surface area contributed by atoms with Crippen molar-refractivity contribution in [3.8, 4) is 22.8 Å². The minimum Gasteiger partial charge on any atom is -0.497 e. The SMILES string of the molecule is COc1ccc(C(=O)/C=C/c2cn(Cc3ccccc3)nc2-c2cccnc2)c(OC)c1. The van der Waals surface area contributed by atoms with Crippen LogP contribution in [0, 0.1) is 0 Å². The van der Waals surface area contributed by atoms with E-state index in [0.717, 1.165) is 22.4 Å². The Morgan fingerprint density at radius 2 is 1.88 bits per heavy atom. The van der Waals surface area contributed by atoms with Crippen molar-refractivity contribution in [2.75, 3.05) is 14.2 Å². The number of benzene rings is 2. The first-order valence-corrected chi connectivity index (χ1v) is 10.1. The molecule has 6 heteroatoms. The summed E-state index contributed by atoms with van der Waals surface area (Å²) in [5.74, 6) is 0.923. The van der Waals surface area contributed by atoms with Gasteiger partial charge in [0.2, 0.25) is 0 Å². The van der Waals surface area contributed by atoms with Crippen LogP contribution in [-0.4, -0.2) is 34.8 Å². The summed E-state index contributed by atoms with van der Waals surface area (Å²) in [7, 11) is 3.10. The predicted molar refractivity (Wildman–Crippen MR) is 124 cm³/mol. The average Bonchev–Trinajstić information content (AvgIpc) is 3.25. The zero-order valence-corrected chi connectivity index (χ0v) is 17.9. The first-order valence-electron chi connectivity index (χ1n) is 10.1. The van der Waals surface area contributed by atoms with Gasteiger partial charge in [-0.15, -0.1) is 0 Å². The Morgan fingerprint density at radius 1 is 1.03 bits per heavy atom. The second-order valence-electron chi connectivity index (χ2n) is 7.12. The molecule has 0 saturated carbocycles. The molecule has 0 spiro atoms. The molecule has 0 aliphatic carbocycles. The average molecular weight is 425 g/mol. The molecular formula is C26H23N3O3. The molecule has 4 rings (SSSR count). The molecule has 0 aliphatic heterocycles. The molecular weight excluding hydrogens is 402 g/mol. The molecule has 0 unspecified atom stereocenters. The lowest BCUT2D eigenvalue weighted by Crippen LogP contribution is -2.00. The van der Waals surface area contributed by atoms with Crippen LogP contribution in [0.1, 0.15) is 21.5 Å². The van der Waals surface area contributed by atoms with E-state index >= 15 is 0 Å². The van der Waals surface area contributed by atoms with Crippen molar-refractivity contribution in [1.82, 2.24) is 14.8 Å². The summed E-state index contributed by atoms with van der Waals surface area (Å²) < 4.78 is 12.4. The van der Waals surface area contributed by atoms with Crippen molar-refractivity contribution >= 4 is 11.9 Å². The van der Waals surface area contributed by atoms with Crippen LogP contribution >= 0.6 is 0 Å². The number of methoxy groups -OCH3 is 2. The Kier molecular flexibility index (Phi) is 6.41. The summed E-state index contributed by atoms with van der Waals surface area (Å²) in [6, 6.07) is 19.1. The smallest absolute Gasteiger partial charge is 0.189 e. The fraction of sp³-hybridized carbons (Fsp3) is 0.115. The van der Waals surface area contributed by atoms with E-state index in [1.54, 1.807) is 43.8 Å². The molecule has 0 saturated heterocycles. The summed E-state index contributed by atoms with van der Waals surface area (Å²) in [5, 5.41) is 4.76. The van der Waals surface area contributed by atoms with E-state index in [1.807, 2.05) is 41.2 Å². The highest BCUT2D eigenvalue weighted by Gasteiger charge is 2.13. The maximum Gasteiger partial charge on any atom is 0.189 e. The van der Waals surface area contributed by atoms with Gasteiger partial charge in [0.05, 0.1) is 26.3 Å². The summed E-state index contributed by atoms with van der Waals surface area (Å²) in [5.41, 5.74) is 4.08. The van der Waals surface area contributed by atoms with E-state index in [4.69, 9.17) is 14.6 Å². The topological polar surface area (TPSA) is 66.2 Å². The van der Waals surface area contributed by atoms with Crippen molar-refractivity contribution in [1.29, 1.82) is 0 Å². The Hall–Kier alpha value is -4.19. The minimum absolute atomic E-state index is 0.169. The molecule has 6 nitrogen and oxygen atoms in total. The number of aromatic nitrogens is 3. The van der Waals surface area contributed by atoms with Crippen LogP contribution in [0.4, 0.5) is 0 Å². The van der Waals surface area contributed by atoms with Crippen LogP contribution in [-0.2, 0) is 6.54 Å². The molecule has 2 aromatic carbocycles. The quantitative estimate of drug-likeness (QED) is 0.297. The number of hydrogen-bond donors (Lipinski definition) is 0. The monoisotopic (exact) mass is 425 g/mol. The van der Waals surface area contributed by atoms with Crippen LogP contribution in [0.15, 0.2) is 85.3 Å². The molecule has 0 radical (unpaired) electrons. The normalized spacial score (nSPS) is 10.9. The molecule has 32 heavy (non-hydrogen) atoms. The Labute approximate surface area is 186 Å². The Morgan fingerprint density at radius 3 is 2.59 bits per heavy atom. The fourth-order valence-corrected chi connectivity index (χ4v) is 3.39. The van der Waals surface area contributed by atoms with Gasteiger partial charge in [0.1, 0.15) is 17.2 Å². The molecule has 0 aliphatic rings. The van der Waals surface area contributed by atoms with Crippen LogP contribution in [0.25, 0.3) is 17.3 Å². The van der Waals surface area contributed by atoms with Gasteiger partial charge < -0.3 is 9.47 Å². The van der Waals surface area contributed by atoms with Crippen molar-refractivity contribution in [2.45, 2.75) is 6.54 Å². The molecule has 2 heterocycles. The van der Waals surface area contributed by atoms with Gasteiger partial charge >= 0.3 is 0 Å². The molecule has 0 N–H and O–H groups in total. The van der Waals surface area contributed by atoms with E-state index in [0.29, 0.717) is 23.6 Å². The third kappa shape index (κ3) is 4.75. The summed E-state index contributed by atoms with van der Waals surface area (Å²) >= 11 is 0. The fourth-order valence-electron chi connectivity index (χ4n) is 3.39. The van der Waals surface area contributed by atoms with Gasteiger partial charge in [-0.25, -0.2) is 0 Å². The van der Waals surface area contributed by atoms with Gasteiger partial charge in [0.15, 0.2) is 5.78 Å². The van der Waals surface area contributed by atoms with Gasteiger partial charge in [-0.2, -0.15) is 5.10 Å². The second-order valence-corrected chi connectivity index (χ2v) is 7.12. The third-order valence-corrected chi connectivity index (χ3v) is 5.00. The second kappa shape index (κ2) is 9.75. The number of ketones is 1. The first-order chi connectivity index (χ1) is 15.7. The van der Waals surface area contributed by atoms with Crippen LogP contribution in [0.5, 0.6) is 11.5 Å². The van der Waals surface area contributed by atoms with Gasteiger partial charge in [-0.05, 0) is 42.0 Å². The standard InChI is InChI=1S/C26H23N3O3/c1-31-22-11-12-23(25(15-22)32-2)24(30)13-10-21-18-29(17-19-7-4-3-5-8-19)28-26(21)20-9-6-14-27-16-20/h3-16,18H,17H2,1-2H3/b13-10+. The van der Waals surface area contributed by atoms with Crippen molar-refractivity contribution in [2.24, 2.45) is 0 Å². The Bertz CT molecular complexity index is 1230. The summed E-state index contributed by atoms with van der Waals surface area (Å²) in [4.78, 5) is 17.1. The lowest BCUT2D eigenvalue weighted by atomic mass is 10.1. The van der Waals surface area contributed by atoms with Gasteiger partial charge in [0, 0.05) is 35.8 Å². The molecule has 2 aromatic heterocycles. The van der Waals surface area contributed by atoms with Crippen molar-refractivity contribution in [3.05, 3.63) is 102 Å². The van der Waals surface area contributed by atoms with Crippen molar-refractivity contribution in [3.63, 3.8) is 0 Å².